The Morgan fingerprint density at radius 1 is 1.14 bits per heavy atom. The number of carbonyl (C=O) groups excluding carboxylic acids is 1. The SMILES string of the molecule is C[C@@H]1C[C@@H](O)c2ncnc(N3CCN(C(=O)C(CNC4CCC(C)(C)CC4)c4ccc(Cl)cc4)CC3)c21. The molecular weight excluding hydrogens is 486 g/mol. The van der Waals surface area contributed by atoms with Gasteiger partial charge in [-0.1, -0.05) is 44.5 Å². The molecule has 5 rings (SSSR count). The molecule has 200 valence electrons. The highest BCUT2D eigenvalue weighted by Crippen LogP contribution is 2.43. The monoisotopic (exact) mass is 525 g/mol. The first-order valence-electron chi connectivity index (χ1n) is 13.8. The number of aliphatic hydroxyl groups excluding tert-OH is 1. The second-order valence-corrected chi connectivity index (χ2v) is 12.3. The van der Waals surface area contributed by atoms with Crippen LogP contribution in [0.15, 0.2) is 30.6 Å². The summed E-state index contributed by atoms with van der Waals surface area (Å²) in [6, 6.07) is 8.20. The van der Waals surface area contributed by atoms with Gasteiger partial charge in [0.05, 0.1) is 17.7 Å². The lowest BCUT2D eigenvalue weighted by atomic mass is 9.75. The van der Waals surface area contributed by atoms with Crippen LogP contribution in [-0.2, 0) is 4.79 Å². The fourth-order valence-corrected chi connectivity index (χ4v) is 6.37. The Labute approximate surface area is 225 Å². The van der Waals surface area contributed by atoms with Crippen molar-refractivity contribution in [3.8, 4) is 0 Å². The van der Waals surface area contributed by atoms with Gasteiger partial charge in [0.1, 0.15) is 12.1 Å². The quantitative estimate of drug-likeness (QED) is 0.571. The number of hydrogen-bond acceptors (Lipinski definition) is 6. The van der Waals surface area contributed by atoms with Crippen molar-refractivity contribution in [3.63, 3.8) is 0 Å². The Kier molecular flexibility index (Phi) is 7.75. The van der Waals surface area contributed by atoms with Crippen LogP contribution in [0.5, 0.6) is 0 Å². The molecule has 0 radical (unpaired) electrons. The number of amides is 1. The Bertz CT molecular complexity index is 1090. The van der Waals surface area contributed by atoms with Gasteiger partial charge in [0.25, 0.3) is 0 Å². The number of carbonyl (C=O) groups is 1. The maximum absolute atomic E-state index is 13.9. The van der Waals surface area contributed by atoms with Crippen LogP contribution >= 0.6 is 11.6 Å². The fraction of sp³-hybridized carbons (Fsp3) is 0.621. The van der Waals surface area contributed by atoms with Crippen molar-refractivity contribution in [2.45, 2.75) is 76.9 Å². The Morgan fingerprint density at radius 2 is 1.81 bits per heavy atom. The maximum Gasteiger partial charge on any atom is 0.231 e. The van der Waals surface area contributed by atoms with E-state index in [0.717, 1.165) is 48.6 Å². The van der Waals surface area contributed by atoms with Gasteiger partial charge in [0.15, 0.2) is 0 Å². The van der Waals surface area contributed by atoms with Gasteiger partial charge in [-0.05, 0) is 61.1 Å². The second-order valence-electron chi connectivity index (χ2n) is 11.9. The molecule has 1 saturated carbocycles. The van der Waals surface area contributed by atoms with Crippen molar-refractivity contribution in [2.75, 3.05) is 37.6 Å². The molecule has 2 N–H and O–H groups in total. The second kappa shape index (κ2) is 10.9. The van der Waals surface area contributed by atoms with Gasteiger partial charge in [-0.3, -0.25) is 4.79 Å². The van der Waals surface area contributed by atoms with Gasteiger partial charge >= 0.3 is 0 Å². The summed E-state index contributed by atoms with van der Waals surface area (Å²) < 4.78 is 0. The topological polar surface area (TPSA) is 81.6 Å². The van der Waals surface area contributed by atoms with Crippen LogP contribution in [-0.4, -0.2) is 64.6 Å². The highest BCUT2D eigenvalue weighted by atomic mass is 35.5. The summed E-state index contributed by atoms with van der Waals surface area (Å²) in [6.45, 7) is 10.2. The van der Waals surface area contributed by atoms with Crippen LogP contribution in [0.2, 0.25) is 5.02 Å². The van der Waals surface area contributed by atoms with E-state index in [1.54, 1.807) is 6.33 Å². The molecule has 0 spiro atoms. The molecule has 2 aliphatic carbocycles. The van der Waals surface area contributed by atoms with Gasteiger partial charge < -0.3 is 20.2 Å². The summed E-state index contributed by atoms with van der Waals surface area (Å²) in [5.74, 6) is 1.07. The first kappa shape index (κ1) is 26.4. The van der Waals surface area contributed by atoms with E-state index in [9.17, 15) is 9.90 Å². The number of hydrogen-bond donors (Lipinski definition) is 2. The summed E-state index contributed by atoms with van der Waals surface area (Å²) in [5, 5.41) is 14.8. The number of fused-ring (bicyclic) bond motifs is 1. The molecule has 3 aliphatic rings. The van der Waals surface area contributed by atoms with Crippen LogP contribution in [0, 0.1) is 5.41 Å². The van der Waals surface area contributed by atoms with Crippen molar-refractivity contribution < 1.29 is 9.90 Å². The minimum atomic E-state index is -0.516. The van der Waals surface area contributed by atoms with E-state index in [-0.39, 0.29) is 17.7 Å². The summed E-state index contributed by atoms with van der Waals surface area (Å²) in [6.07, 6.45) is 6.48. The van der Waals surface area contributed by atoms with Crippen molar-refractivity contribution in [1.82, 2.24) is 20.2 Å². The average molecular weight is 526 g/mol. The highest BCUT2D eigenvalue weighted by molar-refractivity contribution is 6.30. The minimum absolute atomic E-state index is 0.169. The van der Waals surface area contributed by atoms with E-state index in [0.29, 0.717) is 42.5 Å². The molecule has 0 bridgehead atoms. The number of nitrogens with zero attached hydrogens (tertiary/aromatic N) is 4. The molecule has 2 fully saturated rings. The third-order valence-corrected chi connectivity index (χ3v) is 8.94. The first-order chi connectivity index (χ1) is 17.7. The summed E-state index contributed by atoms with van der Waals surface area (Å²) in [4.78, 5) is 27.0. The van der Waals surface area contributed by atoms with Gasteiger partial charge in [-0.25, -0.2) is 9.97 Å². The lowest BCUT2D eigenvalue weighted by Gasteiger charge is -2.38. The van der Waals surface area contributed by atoms with Crippen LogP contribution < -0.4 is 10.2 Å². The van der Waals surface area contributed by atoms with Gasteiger partial charge in [0, 0.05) is 49.4 Å². The molecule has 2 aromatic rings. The smallest absolute Gasteiger partial charge is 0.231 e. The number of halogens is 1. The van der Waals surface area contributed by atoms with E-state index in [2.05, 4.69) is 41.0 Å². The Hall–Kier alpha value is -2.22. The summed E-state index contributed by atoms with van der Waals surface area (Å²) >= 11 is 6.16. The molecule has 1 aromatic carbocycles. The molecule has 2 heterocycles. The van der Waals surface area contributed by atoms with Crippen molar-refractivity contribution >= 4 is 23.3 Å². The number of aliphatic hydroxyl groups is 1. The van der Waals surface area contributed by atoms with E-state index in [1.165, 1.54) is 12.8 Å². The zero-order chi connectivity index (χ0) is 26.2. The van der Waals surface area contributed by atoms with Crippen LogP contribution in [0.4, 0.5) is 5.82 Å². The number of rotatable bonds is 6. The molecule has 8 heteroatoms. The molecule has 1 unspecified atom stereocenters. The van der Waals surface area contributed by atoms with E-state index >= 15 is 0 Å². The van der Waals surface area contributed by atoms with Gasteiger partial charge in [0.2, 0.25) is 5.91 Å². The number of nitrogens with one attached hydrogen (secondary N) is 1. The van der Waals surface area contributed by atoms with E-state index in [4.69, 9.17) is 11.6 Å². The standard InChI is InChI=1S/C29H40ClN5O2/c1-19-16-24(36)26-25(19)27(33-18-32-26)34-12-14-35(15-13-34)28(37)23(20-4-6-21(30)7-5-20)17-31-22-8-10-29(2,3)11-9-22/h4-7,18-19,22-24,31,36H,8-17H2,1-3H3/t19-,23?,24-/m1/s1. The zero-order valence-corrected chi connectivity index (χ0v) is 23.0. The van der Waals surface area contributed by atoms with E-state index < -0.39 is 6.10 Å². The third kappa shape index (κ3) is 5.79. The molecule has 1 aliphatic heterocycles. The van der Waals surface area contributed by atoms with Gasteiger partial charge in [-0.2, -0.15) is 0 Å². The molecule has 1 aromatic heterocycles. The predicted octanol–water partition coefficient (Wildman–Crippen LogP) is 4.66. The molecule has 1 amide bonds. The molecular formula is C29H40ClN5O2. The number of aromatic nitrogens is 2. The molecule has 1 saturated heterocycles. The third-order valence-electron chi connectivity index (χ3n) is 8.69. The number of benzene rings is 1. The lowest BCUT2D eigenvalue weighted by Crippen LogP contribution is -2.51. The molecule has 3 atom stereocenters. The van der Waals surface area contributed by atoms with Crippen molar-refractivity contribution in [2.24, 2.45) is 5.41 Å². The summed E-state index contributed by atoms with van der Waals surface area (Å²) in [5.41, 5.74) is 3.25. The molecule has 37 heavy (non-hydrogen) atoms. The van der Waals surface area contributed by atoms with Crippen LogP contribution in [0.25, 0.3) is 0 Å². The van der Waals surface area contributed by atoms with Crippen molar-refractivity contribution in [3.05, 3.63) is 52.4 Å². The van der Waals surface area contributed by atoms with E-state index in [1.807, 2.05) is 29.2 Å². The average Bonchev–Trinajstić information content (AvgIpc) is 3.19. The number of anilines is 1. The predicted molar refractivity (Wildman–Crippen MR) is 147 cm³/mol. The molecule has 7 nitrogen and oxygen atoms in total. The highest BCUT2D eigenvalue weighted by Gasteiger charge is 2.35. The van der Waals surface area contributed by atoms with Gasteiger partial charge in [-0.15, -0.1) is 0 Å². The van der Waals surface area contributed by atoms with Crippen LogP contribution in [0.1, 0.15) is 87.6 Å². The summed E-state index contributed by atoms with van der Waals surface area (Å²) in [7, 11) is 0. The Morgan fingerprint density at radius 3 is 2.49 bits per heavy atom. The number of piperazine rings is 1. The zero-order valence-electron chi connectivity index (χ0n) is 22.3. The Balaban J connectivity index is 1.26. The normalized spacial score (nSPS) is 24.7. The fourth-order valence-electron chi connectivity index (χ4n) is 6.24. The van der Waals surface area contributed by atoms with Crippen molar-refractivity contribution in [1.29, 1.82) is 0 Å². The first-order valence-corrected chi connectivity index (χ1v) is 14.1. The maximum atomic E-state index is 13.9. The minimum Gasteiger partial charge on any atom is -0.387 e. The largest absolute Gasteiger partial charge is 0.387 e. The lowest BCUT2D eigenvalue weighted by molar-refractivity contribution is -0.133. The van der Waals surface area contributed by atoms with Crippen LogP contribution in [0.3, 0.4) is 0 Å².